The van der Waals surface area contributed by atoms with Crippen molar-refractivity contribution in [2.45, 2.75) is 77.7 Å². The first kappa shape index (κ1) is 49.8. The number of hydrogen-bond donors (Lipinski definition) is 5. The van der Waals surface area contributed by atoms with Crippen LogP contribution in [0.5, 0.6) is 5.75 Å². The Morgan fingerprint density at radius 1 is 0.806 bits per heavy atom. The van der Waals surface area contributed by atoms with E-state index in [1.54, 1.807) is 0 Å². The molecule has 374 valence electrons. The highest BCUT2D eigenvalue weighted by Gasteiger charge is 2.33. The van der Waals surface area contributed by atoms with Crippen LogP contribution < -0.4 is 30.5 Å². The predicted octanol–water partition coefficient (Wildman–Crippen LogP) is 9.57. The number of piperazine rings is 1. The van der Waals surface area contributed by atoms with Gasteiger partial charge in [-0.3, -0.25) is 29.9 Å². The van der Waals surface area contributed by atoms with E-state index in [-0.39, 0.29) is 35.5 Å². The second-order valence-corrected chi connectivity index (χ2v) is 19.9. The van der Waals surface area contributed by atoms with Gasteiger partial charge in [0.25, 0.3) is 5.91 Å². The van der Waals surface area contributed by atoms with Gasteiger partial charge in [-0.2, -0.15) is 0 Å². The Morgan fingerprint density at radius 2 is 1.56 bits per heavy atom. The molecule has 4 aromatic carbocycles. The molecule has 2 fully saturated rings. The quantitative estimate of drug-likeness (QED) is 0.0277. The average molecular weight is 990 g/mol. The molecular formula is C56H63N9O6S. The number of hydrogen-bond acceptors (Lipinski definition) is 13. The van der Waals surface area contributed by atoms with Crippen LogP contribution in [0.3, 0.4) is 0 Å². The Labute approximate surface area is 424 Å². The highest BCUT2D eigenvalue weighted by Crippen LogP contribution is 2.36. The van der Waals surface area contributed by atoms with Gasteiger partial charge in [0.2, 0.25) is 11.8 Å². The third kappa shape index (κ3) is 11.3. The Balaban J connectivity index is 0.703. The molecule has 2 saturated heterocycles. The molecule has 1 atom stereocenters. The van der Waals surface area contributed by atoms with Crippen LogP contribution in [0.4, 0.5) is 22.3 Å². The Kier molecular flexibility index (Phi) is 15.9. The number of fused-ring (bicyclic) bond motifs is 2. The van der Waals surface area contributed by atoms with E-state index >= 15 is 0 Å². The lowest BCUT2D eigenvalue weighted by atomic mass is 9.88. The molecule has 0 bridgehead atoms. The number of carboxylic acid groups (broad SMARTS) is 1. The summed E-state index contributed by atoms with van der Waals surface area (Å²) in [5, 5.41) is 28.5. The predicted molar refractivity (Wildman–Crippen MR) is 285 cm³/mol. The standard InChI is InChI=1S/C56H63N9O6S/c1-36-38(39-23-25-48(60-52(39)55(69)70)65-29-27-37-15-12-17-40(43(37)35-65)53(67)62-56-59-44-19-8-9-22-47(44)72-56)16-14-21-46(36)71-34-11-7-5-3-4-6-10-28-63-30-32-64(33-31-63)45-20-13-18-41(51(45)58-2)50(57)42-24-26-49(66)61-54(42)68/h8-9,12-23,25,42,57-58H,3-7,10-11,24,26-35H2,1-2H3,(H,69,70)(H,59,62,67)(H,61,66,68). The van der Waals surface area contributed by atoms with Gasteiger partial charge < -0.3 is 30.4 Å². The van der Waals surface area contributed by atoms with Gasteiger partial charge in [0.1, 0.15) is 11.6 Å². The van der Waals surface area contributed by atoms with Crippen LogP contribution in [0.25, 0.3) is 21.3 Å². The van der Waals surface area contributed by atoms with Crippen LogP contribution in [-0.4, -0.2) is 102 Å². The van der Waals surface area contributed by atoms with Crippen LogP contribution in [0.2, 0.25) is 0 Å². The van der Waals surface area contributed by atoms with Crippen LogP contribution in [0.15, 0.2) is 91.0 Å². The second kappa shape index (κ2) is 22.9. The molecule has 0 spiro atoms. The summed E-state index contributed by atoms with van der Waals surface area (Å²) in [5.41, 5.74) is 8.36. The molecule has 0 aliphatic carbocycles. The van der Waals surface area contributed by atoms with Crippen molar-refractivity contribution < 1.29 is 29.0 Å². The van der Waals surface area contributed by atoms with Crippen LogP contribution in [0.1, 0.15) is 101 Å². The van der Waals surface area contributed by atoms with Crippen molar-refractivity contribution in [3.8, 4) is 16.9 Å². The molecular weight excluding hydrogens is 927 g/mol. The first-order valence-electron chi connectivity index (χ1n) is 25.3. The normalized spacial score (nSPS) is 16.1. The van der Waals surface area contributed by atoms with Crippen molar-refractivity contribution in [2.24, 2.45) is 5.92 Å². The zero-order chi connectivity index (χ0) is 50.1. The smallest absolute Gasteiger partial charge is 0.355 e. The maximum atomic E-state index is 13.6. The molecule has 9 rings (SSSR count). The van der Waals surface area contributed by atoms with E-state index in [0.29, 0.717) is 60.2 Å². The topological polar surface area (TPSA) is 193 Å². The number of benzene rings is 4. The number of amides is 3. The monoisotopic (exact) mass is 989 g/mol. The first-order chi connectivity index (χ1) is 35.1. The highest BCUT2D eigenvalue weighted by molar-refractivity contribution is 7.22. The Morgan fingerprint density at radius 3 is 2.33 bits per heavy atom. The molecule has 3 aliphatic heterocycles. The second-order valence-electron chi connectivity index (χ2n) is 18.9. The fourth-order valence-electron chi connectivity index (χ4n) is 10.3. The van der Waals surface area contributed by atoms with E-state index in [2.05, 4.69) is 36.8 Å². The fraction of sp³-hybridized carbons (Fsp3) is 0.375. The number of aromatic carboxylic acids is 1. The molecule has 6 aromatic rings. The first-order valence-corrected chi connectivity index (χ1v) is 26.1. The number of ether oxygens (including phenoxy) is 1. The summed E-state index contributed by atoms with van der Waals surface area (Å²) in [5.74, 6) is -1.36. The number of pyridine rings is 1. The minimum atomic E-state index is -1.11. The van der Waals surface area contributed by atoms with Crippen molar-refractivity contribution in [2.75, 3.05) is 73.4 Å². The van der Waals surface area contributed by atoms with Crippen molar-refractivity contribution in [3.05, 3.63) is 125 Å². The van der Waals surface area contributed by atoms with Gasteiger partial charge in [0.05, 0.1) is 39.8 Å². The lowest BCUT2D eigenvalue weighted by Crippen LogP contribution is -2.47. The summed E-state index contributed by atoms with van der Waals surface area (Å²) in [4.78, 5) is 66.9. The number of carbonyl (C=O) groups is 4. The van der Waals surface area contributed by atoms with E-state index in [1.165, 1.54) is 37.0 Å². The number of anilines is 4. The highest BCUT2D eigenvalue weighted by atomic mass is 32.1. The molecule has 72 heavy (non-hydrogen) atoms. The number of aromatic nitrogens is 2. The maximum absolute atomic E-state index is 13.6. The minimum absolute atomic E-state index is 0.0298. The summed E-state index contributed by atoms with van der Waals surface area (Å²) < 4.78 is 7.28. The zero-order valence-electron chi connectivity index (χ0n) is 41.1. The summed E-state index contributed by atoms with van der Waals surface area (Å²) in [6, 6.07) is 28.9. The number of rotatable bonds is 20. The lowest BCUT2D eigenvalue weighted by Gasteiger charge is -2.37. The number of nitrogens with zero attached hydrogens (tertiary/aromatic N) is 5. The minimum Gasteiger partial charge on any atom is -0.493 e. The van der Waals surface area contributed by atoms with E-state index in [0.717, 1.165) is 102 Å². The van der Waals surface area contributed by atoms with Gasteiger partial charge in [-0.15, -0.1) is 0 Å². The number of thiazole rings is 1. The maximum Gasteiger partial charge on any atom is 0.355 e. The fourth-order valence-corrected chi connectivity index (χ4v) is 11.2. The van der Waals surface area contributed by atoms with E-state index in [4.69, 9.17) is 15.1 Å². The zero-order valence-corrected chi connectivity index (χ0v) is 41.9. The van der Waals surface area contributed by atoms with Gasteiger partial charge in [0, 0.05) is 69.4 Å². The Bertz CT molecular complexity index is 2950. The van der Waals surface area contributed by atoms with Gasteiger partial charge in [-0.05, 0) is 104 Å². The molecule has 0 saturated carbocycles. The van der Waals surface area contributed by atoms with Crippen molar-refractivity contribution in [1.82, 2.24) is 20.2 Å². The Hall–Kier alpha value is -7.17. The average Bonchev–Trinajstić information content (AvgIpc) is 3.81. The molecule has 1 unspecified atom stereocenters. The largest absolute Gasteiger partial charge is 0.493 e. The van der Waals surface area contributed by atoms with E-state index in [9.17, 15) is 24.3 Å². The van der Waals surface area contributed by atoms with Crippen LogP contribution in [-0.2, 0) is 22.6 Å². The number of carbonyl (C=O) groups excluding carboxylic acids is 3. The van der Waals surface area contributed by atoms with Crippen molar-refractivity contribution in [3.63, 3.8) is 0 Å². The van der Waals surface area contributed by atoms with Crippen molar-refractivity contribution in [1.29, 1.82) is 5.41 Å². The van der Waals surface area contributed by atoms with E-state index in [1.807, 2.05) is 104 Å². The van der Waals surface area contributed by atoms with Gasteiger partial charge >= 0.3 is 5.97 Å². The molecule has 16 heteroatoms. The van der Waals surface area contributed by atoms with E-state index < -0.39 is 11.9 Å². The summed E-state index contributed by atoms with van der Waals surface area (Å²) in [6.45, 7) is 8.38. The molecule has 3 aliphatic rings. The molecule has 15 nitrogen and oxygen atoms in total. The van der Waals surface area contributed by atoms with Crippen LogP contribution in [0, 0.1) is 18.3 Å². The van der Waals surface area contributed by atoms with Gasteiger partial charge in [0.15, 0.2) is 10.8 Å². The number of para-hydroxylation sites is 2. The number of nitrogens with one attached hydrogen (secondary N) is 4. The molecule has 0 radical (unpaired) electrons. The summed E-state index contributed by atoms with van der Waals surface area (Å²) in [6.07, 6.45) is 9.21. The summed E-state index contributed by atoms with van der Waals surface area (Å²) in [7, 11) is 1.86. The SMILES string of the molecule is CNc1c(C(=N)C2CCC(=O)NC2=O)cccc1N1CCN(CCCCCCCCCOc2cccc(-c3ccc(N4CCc5cccc(C(=O)Nc6nc7ccccc7s6)c5C4)nc3C(=O)O)c2C)CC1. The molecule has 5 heterocycles. The third-order valence-electron chi connectivity index (χ3n) is 14.3. The molecule has 5 N–H and O–H groups in total. The van der Waals surface area contributed by atoms with Gasteiger partial charge in [-0.25, -0.2) is 14.8 Å². The number of unbranched alkanes of at least 4 members (excludes halogenated alkanes) is 6. The van der Waals surface area contributed by atoms with Crippen LogP contribution >= 0.6 is 11.3 Å². The summed E-state index contributed by atoms with van der Waals surface area (Å²) >= 11 is 1.43. The third-order valence-corrected chi connectivity index (χ3v) is 15.2. The number of carboxylic acids is 1. The number of imide groups is 1. The number of piperidine rings is 1. The van der Waals surface area contributed by atoms with Crippen molar-refractivity contribution >= 4 is 73.3 Å². The lowest BCUT2D eigenvalue weighted by molar-refractivity contribution is -0.134. The van der Waals surface area contributed by atoms with Gasteiger partial charge in [-0.1, -0.05) is 92.0 Å². The molecule has 3 amide bonds. The molecule has 2 aromatic heterocycles.